The Morgan fingerprint density at radius 2 is 1.70 bits per heavy atom. The molecule has 9 heteroatoms. The molecule has 3 rings (SSSR count). The highest BCUT2D eigenvalue weighted by Gasteiger charge is 2.13. The van der Waals surface area contributed by atoms with Gasteiger partial charge in [0.2, 0.25) is 0 Å². The van der Waals surface area contributed by atoms with E-state index in [4.69, 9.17) is 4.42 Å². The molecular formula is C21H23F2N3O3S. The van der Waals surface area contributed by atoms with Crippen molar-refractivity contribution in [1.29, 1.82) is 0 Å². The summed E-state index contributed by atoms with van der Waals surface area (Å²) in [7, 11) is -1.68. The van der Waals surface area contributed by atoms with Crippen LogP contribution in [0.4, 0.5) is 8.78 Å². The Morgan fingerprint density at radius 3 is 2.40 bits per heavy atom. The number of aryl methyl sites for hydroxylation is 1. The van der Waals surface area contributed by atoms with Crippen LogP contribution in [-0.4, -0.2) is 27.7 Å². The average Bonchev–Trinajstić information content (AvgIpc) is 2.98. The predicted molar refractivity (Wildman–Crippen MR) is 113 cm³/mol. The number of benzene rings is 2. The molecule has 0 unspecified atom stereocenters. The third kappa shape index (κ3) is 5.35. The molecule has 2 N–H and O–H groups in total. The van der Waals surface area contributed by atoms with Crippen LogP contribution >= 0.6 is 0 Å². The summed E-state index contributed by atoms with van der Waals surface area (Å²) in [4.78, 5) is 4.12. The molecule has 160 valence electrons. The van der Waals surface area contributed by atoms with Crippen LogP contribution in [0.2, 0.25) is 0 Å². The van der Waals surface area contributed by atoms with Crippen molar-refractivity contribution in [2.24, 2.45) is 4.99 Å². The first-order valence-corrected chi connectivity index (χ1v) is 11.3. The summed E-state index contributed by atoms with van der Waals surface area (Å²) in [6.45, 7) is 2.34. The smallest absolute Gasteiger partial charge is 0.191 e. The number of hydrogen-bond donors (Lipinski definition) is 2. The summed E-state index contributed by atoms with van der Waals surface area (Å²) < 4.78 is 56.2. The normalized spacial score (nSPS) is 12.4. The van der Waals surface area contributed by atoms with Crippen LogP contribution in [0.3, 0.4) is 0 Å². The van der Waals surface area contributed by atoms with E-state index in [2.05, 4.69) is 15.6 Å². The van der Waals surface area contributed by atoms with Crippen molar-refractivity contribution >= 4 is 26.8 Å². The third-order valence-electron chi connectivity index (χ3n) is 4.67. The molecule has 1 aromatic heterocycles. The van der Waals surface area contributed by atoms with E-state index >= 15 is 0 Å². The Kier molecular flexibility index (Phi) is 6.40. The Morgan fingerprint density at radius 1 is 1.03 bits per heavy atom. The second-order valence-electron chi connectivity index (χ2n) is 7.05. The molecule has 0 amide bonds. The number of sulfone groups is 1. The molecule has 0 bridgehead atoms. The van der Waals surface area contributed by atoms with Gasteiger partial charge < -0.3 is 15.1 Å². The van der Waals surface area contributed by atoms with E-state index in [0.29, 0.717) is 40.4 Å². The van der Waals surface area contributed by atoms with E-state index in [1.54, 1.807) is 13.1 Å². The molecule has 6 nitrogen and oxygen atoms in total. The van der Waals surface area contributed by atoms with Crippen molar-refractivity contribution in [3.8, 4) is 0 Å². The number of rotatable bonds is 6. The highest BCUT2D eigenvalue weighted by Crippen LogP contribution is 2.25. The molecule has 0 radical (unpaired) electrons. The van der Waals surface area contributed by atoms with E-state index in [-0.39, 0.29) is 18.1 Å². The Hall–Kier alpha value is -2.94. The molecular weight excluding hydrogens is 412 g/mol. The number of nitrogens with one attached hydrogen (secondary N) is 2. The van der Waals surface area contributed by atoms with Gasteiger partial charge in [-0.1, -0.05) is 6.07 Å². The topological polar surface area (TPSA) is 83.7 Å². The van der Waals surface area contributed by atoms with Gasteiger partial charge in [-0.3, -0.25) is 4.99 Å². The minimum Gasteiger partial charge on any atom is -0.459 e. The zero-order chi connectivity index (χ0) is 21.9. The number of hydrogen-bond acceptors (Lipinski definition) is 4. The standard InChI is InChI=1S/C21H23F2N3O3S/c1-13-18-9-17(23)6-7-19(18)29-20(13)11-26-21(24-2)25-10-15-8-16(22)5-4-14(15)12-30(3,27)28/h4-9H,10-12H2,1-3H3,(H2,24,25,26). The van der Waals surface area contributed by atoms with Crippen molar-refractivity contribution < 1.29 is 21.6 Å². The zero-order valence-corrected chi connectivity index (χ0v) is 17.7. The van der Waals surface area contributed by atoms with Crippen LogP contribution in [0.25, 0.3) is 11.0 Å². The molecule has 30 heavy (non-hydrogen) atoms. The summed E-state index contributed by atoms with van der Waals surface area (Å²) in [5, 5.41) is 6.85. The van der Waals surface area contributed by atoms with Gasteiger partial charge in [-0.15, -0.1) is 0 Å². The Bertz CT molecular complexity index is 1200. The first-order chi connectivity index (χ1) is 14.2. The zero-order valence-electron chi connectivity index (χ0n) is 16.9. The maximum atomic E-state index is 13.7. The molecule has 0 saturated carbocycles. The maximum absolute atomic E-state index is 13.7. The Balaban J connectivity index is 1.69. The van der Waals surface area contributed by atoms with Gasteiger partial charge in [-0.25, -0.2) is 17.2 Å². The fourth-order valence-corrected chi connectivity index (χ4v) is 4.00. The van der Waals surface area contributed by atoms with E-state index in [9.17, 15) is 17.2 Å². The lowest BCUT2D eigenvalue weighted by Crippen LogP contribution is -2.36. The largest absolute Gasteiger partial charge is 0.459 e. The van der Waals surface area contributed by atoms with Crippen LogP contribution in [0.15, 0.2) is 45.8 Å². The van der Waals surface area contributed by atoms with Gasteiger partial charge in [0.15, 0.2) is 15.8 Å². The molecule has 0 atom stereocenters. The molecule has 0 spiro atoms. The molecule has 0 saturated heterocycles. The molecule has 0 fully saturated rings. The van der Waals surface area contributed by atoms with Crippen LogP contribution in [0.1, 0.15) is 22.5 Å². The second kappa shape index (κ2) is 8.83. The number of furan rings is 1. The maximum Gasteiger partial charge on any atom is 0.191 e. The minimum atomic E-state index is -3.26. The lowest BCUT2D eigenvalue weighted by atomic mass is 10.1. The summed E-state index contributed by atoms with van der Waals surface area (Å²) in [6, 6.07) is 8.37. The fraction of sp³-hybridized carbons (Fsp3) is 0.286. The van der Waals surface area contributed by atoms with Crippen molar-refractivity contribution in [1.82, 2.24) is 10.6 Å². The first kappa shape index (κ1) is 21.8. The van der Waals surface area contributed by atoms with Gasteiger partial charge in [0, 0.05) is 30.8 Å². The fourth-order valence-electron chi connectivity index (χ4n) is 3.16. The molecule has 1 heterocycles. The average molecular weight is 435 g/mol. The molecule has 0 aliphatic carbocycles. The van der Waals surface area contributed by atoms with Gasteiger partial charge in [-0.05, 0) is 48.4 Å². The summed E-state index contributed by atoms with van der Waals surface area (Å²) in [5.74, 6) is 0.114. The highest BCUT2D eigenvalue weighted by molar-refractivity contribution is 7.89. The quantitative estimate of drug-likeness (QED) is 0.458. The number of fused-ring (bicyclic) bond motifs is 1. The third-order valence-corrected chi connectivity index (χ3v) is 5.50. The number of guanidine groups is 1. The van der Waals surface area contributed by atoms with E-state index in [1.807, 2.05) is 6.92 Å². The number of halogens is 2. The monoisotopic (exact) mass is 435 g/mol. The van der Waals surface area contributed by atoms with Gasteiger partial charge >= 0.3 is 0 Å². The van der Waals surface area contributed by atoms with E-state index in [0.717, 1.165) is 11.8 Å². The highest BCUT2D eigenvalue weighted by atomic mass is 32.2. The minimum absolute atomic E-state index is 0.176. The SMILES string of the molecule is CN=C(NCc1cc(F)ccc1CS(C)(=O)=O)NCc1oc2ccc(F)cc2c1C. The van der Waals surface area contributed by atoms with Gasteiger partial charge in [0.25, 0.3) is 0 Å². The van der Waals surface area contributed by atoms with Crippen molar-refractivity contribution in [2.75, 3.05) is 13.3 Å². The lowest BCUT2D eigenvalue weighted by Gasteiger charge is -2.14. The Labute approximate surface area is 173 Å². The molecule has 0 aliphatic rings. The predicted octanol–water partition coefficient (Wildman–Crippen LogP) is 3.43. The number of aliphatic imine (C=N–C) groups is 1. The molecule has 0 aliphatic heterocycles. The lowest BCUT2D eigenvalue weighted by molar-refractivity contribution is 0.534. The molecule has 3 aromatic rings. The van der Waals surface area contributed by atoms with Crippen LogP contribution in [0, 0.1) is 18.6 Å². The first-order valence-electron chi connectivity index (χ1n) is 9.23. The van der Waals surface area contributed by atoms with Crippen molar-refractivity contribution in [2.45, 2.75) is 25.8 Å². The summed E-state index contributed by atoms with van der Waals surface area (Å²) in [5.41, 5.74) is 2.47. The van der Waals surface area contributed by atoms with Crippen LogP contribution < -0.4 is 10.6 Å². The summed E-state index contributed by atoms with van der Waals surface area (Å²) in [6.07, 6.45) is 1.13. The van der Waals surface area contributed by atoms with Crippen molar-refractivity contribution in [3.63, 3.8) is 0 Å². The van der Waals surface area contributed by atoms with Gasteiger partial charge in [0.05, 0.1) is 12.3 Å². The van der Waals surface area contributed by atoms with Crippen molar-refractivity contribution in [3.05, 3.63) is 70.5 Å². The molecule has 2 aromatic carbocycles. The number of nitrogens with zero attached hydrogens (tertiary/aromatic N) is 1. The summed E-state index contributed by atoms with van der Waals surface area (Å²) >= 11 is 0. The van der Waals surface area contributed by atoms with Crippen LogP contribution in [0.5, 0.6) is 0 Å². The second-order valence-corrected chi connectivity index (χ2v) is 9.19. The van der Waals surface area contributed by atoms with Crippen LogP contribution in [-0.2, 0) is 28.7 Å². The van der Waals surface area contributed by atoms with Gasteiger partial charge in [0.1, 0.15) is 23.0 Å². The van der Waals surface area contributed by atoms with E-state index < -0.39 is 15.7 Å². The van der Waals surface area contributed by atoms with E-state index in [1.165, 1.54) is 30.3 Å². The van der Waals surface area contributed by atoms with Gasteiger partial charge in [-0.2, -0.15) is 0 Å².